The number of fused-ring (bicyclic) bond motifs is 1. The predicted molar refractivity (Wildman–Crippen MR) is 64.6 cm³/mol. The number of hydrogen-bond donors (Lipinski definition) is 0. The molecule has 0 saturated heterocycles. The fraction of sp³-hybridized carbons (Fsp3) is 0.0833. The van der Waals surface area contributed by atoms with Crippen LogP contribution < -0.4 is 0 Å². The van der Waals surface area contributed by atoms with Crippen molar-refractivity contribution in [3.63, 3.8) is 0 Å². The van der Waals surface area contributed by atoms with E-state index in [1.165, 1.54) is 10.9 Å². The molecule has 0 spiro atoms. The van der Waals surface area contributed by atoms with Crippen LogP contribution >= 0.6 is 15.9 Å². The first-order chi connectivity index (χ1) is 6.92. The molecule has 70 valence electrons. The molecule has 2 aromatic rings. The number of nitrogens with zero attached hydrogens (tertiary/aromatic N) is 1. The Kier molecular flexibility index (Phi) is 2.94. The smallest absolute Gasteiger partial charge is 0.0707 e. The highest BCUT2D eigenvalue weighted by molar-refractivity contribution is 9.09. The summed E-state index contributed by atoms with van der Waals surface area (Å²) in [6.45, 7) is 0. The topological polar surface area (TPSA) is 12.9 Å². The van der Waals surface area contributed by atoms with E-state index in [2.05, 4.69) is 45.2 Å². The number of hydrogen-bond acceptors (Lipinski definition) is 1. The molecule has 2 rings (SSSR count). The number of pyridine rings is 1. The van der Waals surface area contributed by atoms with Gasteiger partial charge in [-0.3, -0.25) is 4.98 Å². The van der Waals surface area contributed by atoms with Crippen LogP contribution in [0.1, 0.15) is 5.56 Å². The van der Waals surface area contributed by atoms with Crippen molar-refractivity contribution in [2.24, 2.45) is 0 Å². The van der Waals surface area contributed by atoms with E-state index < -0.39 is 0 Å². The van der Waals surface area contributed by atoms with Crippen molar-refractivity contribution in [2.45, 2.75) is 0 Å². The predicted octanol–water partition coefficient (Wildman–Crippen LogP) is 3.64. The van der Waals surface area contributed by atoms with Crippen LogP contribution in [0.25, 0.3) is 17.0 Å². The van der Waals surface area contributed by atoms with Crippen LogP contribution in [0, 0.1) is 0 Å². The molecule has 0 aliphatic heterocycles. The fourth-order valence-corrected chi connectivity index (χ4v) is 1.63. The summed E-state index contributed by atoms with van der Waals surface area (Å²) in [7, 11) is 0. The van der Waals surface area contributed by atoms with Crippen LogP contribution in [0.5, 0.6) is 0 Å². The normalized spacial score (nSPS) is 11.2. The molecule has 14 heavy (non-hydrogen) atoms. The van der Waals surface area contributed by atoms with Crippen LogP contribution in [-0.4, -0.2) is 10.3 Å². The molecule has 1 heterocycles. The van der Waals surface area contributed by atoms with Gasteiger partial charge in [-0.05, 0) is 17.7 Å². The average Bonchev–Trinajstić information content (AvgIpc) is 2.26. The number of allylic oxidation sites excluding steroid dienone is 1. The van der Waals surface area contributed by atoms with Crippen molar-refractivity contribution in [3.05, 3.63) is 48.2 Å². The van der Waals surface area contributed by atoms with Crippen molar-refractivity contribution >= 4 is 32.9 Å². The monoisotopic (exact) mass is 247 g/mol. The minimum absolute atomic E-state index is 0.879. The lowest BCUT2D eigenvalue weighted by molar-refractivity contribution is 1.41. The molecule has 0 bridgehead atoms. The largest absolute Gasteiger partial charge is 0.256 e. The van der Waals surface area contributed by atoms with Gasteiger partial charge in [0.05, 0.1) is 5.52 Å². The van der Waals surface area contributed by atoms with Crippen LogP contribution in [-0.2, 0) is 0 Å². The quantitative estimate of drug-likeness (QED) is 0.739. The van der Waals surface area contributed by atoms with E-state index in [1.54, 1.807) is 0 Å². The van der Waals surface area contributed by atoms with Crippen molar-refractivity contribution in [2.75, 3.05) is 5.33 Å². The van der Waals surface area contributed by atoms with E-state index in [0.29, 0.717) is 0 Å². The summed E-state index contributed by atoms with van der Waals surface area (Å²) in [6.07, 6.45) is 6.01. The molecule has 0 atom stereocenters. The summed E-state index contributed by atoms with van der Waals surface area (Å²) in [5.74, 6) is 0. The van der Waals surface area contributed by atoms with Gasteiger partial charge in [-0.2, -0.15) is 0 Å². The minimum Gasteiger partial charge on any atom is -0.256 e. The number of aromatic nitrogens is 1. The molecule has 0 aliphatic carbocycles. The highest BCUT2D eigenvalue weighted by Gasteiger charge is 1.96. The molecule has 2 heteroatoms. The first-order valence-corrected chi connectivity index (χ1v) is 5.60. The summed E-state index contributed by atoms with van der Waals surface area (Å²) in [5, 5.41) is 2.08. The molecule has 1 nitrogen and oxygen atoms in total. The lowest BCUT2D eigenvalue weighted by Crippen LogP contribution is -1.80. The zero-order chi connectivity index (χ0) is 9.80. The average molecular weight is 248 g/mol. The highest BCUT2D eigenvalue weighted by Crippen LogP contribution is 2.17. The SMILES string of the molecule is BrCC=Cc1cccc2ncccc12. The molecule has 0 amide bonds. The number of halogens is 1. The lowest BCUT2D eigenvalue weighted by atomic mass is 10.1. The third-order valence-electron chi connectivity index (χ3n) is 2.07. The van der Waals surface area contributed by atoms with Crippen molar-refractivity contribution in [3.8, 4) is 0 Å². The maximum absolute atomic E-state index is 4.30. The Hall–Kier alpha value is -1.15. The third kappa shape index (κ3) is 1.85. The van der Waals surface area contributed by atoms with Gasteiger partial charge in [0.2, 0.25) is 0 Å². The Bertz CT molecular complexity index is 457. The van der Waals surface area contributed by atoms with Gasteiger partial charge in [0.25, 0.3) is 0 Å². The molecule has 0 saturated carbocycles. The standard InChI is InChI=1S/C12H10BrN/c13-8-2-5-10-4-1-7-12-11(10)6-3-9-14-12/h1-7,9H,8H2. The van der Waals surface area contributed by atoms with Crippen LogP contribution in [0.4, 0.5) is 0 Å². The van der Waals surface area contributed by atoms with Crippen LogP contribution in [0.15, 0.2) is 42.6 Å². The molecule has 0 fully saturated rings. The Labute approximate surface area is 91.6 Å². The first-order valence-electron chi connectivity index (χ1n) is 4.48. The minimum atomic E-state index is 0.879. The number of rotatable bonds is 2. The van der Waals surface area contributed by atoms with Gasteiger partial charge < -0.3 is 0 Å². The zero-order valence-electron chi connectivity index (χ0n) is 7.65. The fourth-order valence-electron chi connectivity index (χ4n) is 1.44. The van der Waals surface area contributed by atoms with Gasteiger partial charge in [0.15, 0.2) is 0 Å². The highest BCUT2D eigenvalue weighted by atomic mass is 79.9. The van der Waals surface area contributed by atoms with E-state index in [0.717, 1.165) is 10.8 Å². The molecule has 1 aromatic heterocycles. The van der Waals surface area contributed by atoms with Gasteiger partial charge in [-0.1, -0.05) is 46.3 Å². The maximum Gasteiger partial charge on any atom is 0.0707 e. The molecular formula is C12H10BrN. The van der Waals surface area contributed by atoms with Crippen LogP contribution in [0.2, 0.25) is 0 Å². The van der Waals surface area contributed by atoms with E-state index in [9.17, 15) is 0 Å². The molecule has 0 N–H and O–H groups in total. The van der Waals surface area contributed by atoms with Crippen molar-refractivity contribution < 1.29 is 0 Å². The summed E-state index contributed by atoms with van der Waals surface area (Å²) in [5.41, 5.74) is 2.26. The Balaban J connectivity index is 2.59. The van der Waals surface area contributed by atoms with Gasteiger partial charge in [0, 0.05) is 16.9 Å². The maximum atomic E-state index is 4.30. The van der Waals surface area contributed by atoms with E-state index in [1.807, 2.05) is 24.4 Å². The summed E-state index contributed by atoms with van der Waals surface area (Å²) < 4.78 is 0. The Morgan fingerprint density at radius 2 is 2.14 bits per heavy atom. The molecule has 0 radical (unpaired) electrons. The second kappa shape index (κ2) is 4.38. The summed E-state index contributed by atoms with van der Waals surface area (Å²) >= 11 is 3.37. The van der Waals surface area contributed by atoms with E-state index in [-0.39, 0.29) is 0 Å². The Morgan fingerprint density at radius 3 is 3.00 bits per heavy atom. The second-order valence-corrected chi connectivity index (χ2v) is 3.62. The number of alkyl halides is 1. The first kappa shape index (κ1) is 9.41. The third-order valence-corrected chi connectivity index (χ3v) is 2.44. The van der Waals surface area contributed by atoms with E-state index >= 15 is 0 Å². The summed E-state index contributed by atoms with van der Waals surface area (Å²) in [4.78, 5) is 4.30. The van der Waals surface area contributed by atoms with Crippen molar-refractivity contribution in [1.29, 1.82) is 0 Å². The molecular weight excluding hydrogens is 238 g/mol. The van der Waals surface area contributed by atoms with E-state index in [4.69, 9.17) is 0 Å². The molecule has 1 aromatic carbocycles. The second-order valence-electron chi connectivity index (χ2n) is 2.97. The lowest BCUT2D eigenvalue weighted by Gasteiger charge is -1.99. The molecule has 0 aliphatic rings. The molecule has 0 unspecified atom stereocenters. The van der Waals surface area contributed by atoms with Gasteiger partial charge in [0.1, 0.15) is 0 Å². The summed E-state index contributed by atoms with van der Waals surface area (Å²) in [6, 6.07) is 10.2. The van der Waals surface area contributed by atoms with Gasteiger partial charge >= 0.3 is 0 Å². The van der Waals surface area contributed by atoms with Crippen molar-refractivity contribution in [1.82, 2.24) is 4.98 Å². The number of benzene rings is 1. The van der Waals surface area contributed by atoms with Gasteiger partial charge in [-0.25, -0.2) is 0 Å². The Morgan fingerprint density at radius 1 is 1.21 bits per heavy atom. The zero-order valence-corrected chi connectivity index (χ0v) is 9.24. The van der Waals surface area contributed by atoms with Crippen LogP contribution in [0.3, 0.4) is 0 Å². The van der Waals surface area contributed by atoms with Gasteiger partial charge in [-0.15, -0.1) is 0 Å².